The summed E-state index contributed by atoms with van der Waals surface area (Å²) in [6.07, 6.45) is 5.17. The Balaban J connectivity index is 2.20. The molecule has 18 nitrogen and oxygen atoms in total. The van der Waals surface area contributed by atoms with E-state index in [9.17, 15) is 29.1 Å². The van der Waals surface area contributed by atoms with E-state index in [0.29, 0.717) is 11.4 Å². The molecular formula is C23H35N11O7. The van der Waals surface area contributed by atoms with Gasteiger partial charge in [-0.1, -0.05) is 0 Å². The molecule has 0 saturated carbocycles. The Morgan fingerprint density at radius 2 is 1.37 bits per heavy atom. The minimum Gasteiger partial charge on any atom is -0.481 e. The number of H-pyrrole nitrogens is 2. The standard InChI is InChI=1S/C23H35N11O7/c24-14(3-4-18(35)36)19(37)33-16(6-12-8-27-10-30-12)21(39)32-15(2-1-5-29-23(25)26)20(38)34-17(22(40)41)7-13-9-28-11-31-13/h8-11,14-17H,1-7,24H2,(H,27,30)(H,28,31)(H,32,39)(H,33,37)(H,34,38)(H,35,36)(H,40,41)(H4,25,26,29). The minimum atomic E-state index is -1.34. The van der Waals surface area contributed by atoms with Gasteiger partial charge in [0.25, 0.3) is 0 Å². The van der Waals surface area contributed by atoms with E-state index in [1.54, 1.807) is 0 Å². The van der Waals surface area contributed by atoms with Crippen molar-refractivity contribution in [1.29, 1.82) is 0 Å². The Morgan fingerprint density at radius 3 is 1.88 bits per heavy atom. The van der Waals surface area contributed by atoms with Gasteiger partial charge in [-0.3, -0.25) is 24.2 Å². The molecule has 41 heavy (non-hydrogen) atoms. The molecular weight excluding hydrogens is 542 g/mol. The lowest BCUT2D eigenvalue weighted by molar-refractivity contribution is -0.142. The highest BCUT2D eigenvalue weighted by atomic mass is 16.4. The molecule has 3 amide bonds. The third-order valence-corrected chi connectivity index (χ3v) is 5.79. The number of nitrogens with two attached hydrogens (primary N) is 3. The molecule has 4 atom stereocenters. The van der Waals surface area contributed by atoms with E-state index >= 15 is 0 Å². The number of aromatic amines is 2. The molecule has 2 heterocycles. The molecule has 0 aliphatic carbocycles. The quantitative estimate of drug-likeness (QED) is 0.0473. The smallest absolute Gasteiger partial charge is 0.326 e. The van der Waals surface area contributed by atoms with E-state index in [2.05, 4.69) is 40.9 Å². The summed E-state index contributed by atoms with van der Waals surface area (Å²) < 4.78 is 0. The average molecular weight is 578 g/mol. The first-order valence-electron chi connectivity index (χ1n) is 12.6. The third-order valence-electron chi connectivity index (χ3n) is 5.79. The average Bonchev–Trinajstić information content (AvgIpc) is 3.62. The van der Waals surface area contributed by atoms with Crippen molar-refractivity contribution in [3.63, 3.8) is 0 Å². The van der Waals surface area contributed by atoms with Gasteiger partial charge in [-0.15, -0.1) is 0 Å². The number of aromatic nitrogens is 4. The lowest BCUT2D eigenvalue weighted by Crippen LogP contribution is -2.57. The Labute approximate surface area is 234 Å². The number of nitrogens with zero attached hydrogens (tertiary/aromatic N) is 3. The summed E-state index contributed by atoms with van der Waals surface area (Å²) in [6.45, 7) is 0.130. The van der Waals surface area contributed by atoms with Crippen molar-refractivity contribution in [1.82, 2.24) is 35.9 Å². The van der Waals surface area contributed by atoms with E-state index in [1.165, 1.54) is 25.0 Å². The Bertz CT molecular complexity index is 1180. The van der Waals surface area contributed by atoms with Gasteiger partial charge in [-0.2, -0.15) is 0 Å². The van der Waals surface area contributed by atoms with E-state index in [1.807, 2.05) is 0 Å². The van der Waals surface area contributed by atoms with Crippen LogP contribution in [-0.4, -0.2) is 96.5 Å². The molecule has 224 valence electrons. The molecule has 13 N–H and O–H groups in total. The number of aliphatic carboxylic acids is 2. The predicted octanol–water partition coefficient (Wildman–Crippen LogP) is -3.30. The first-order chi connectivity index (χ1) is 19.5. The highest BCUT2D eigenvalue weighted by Gasteiger charge is 2.31. The summed E-state index contributed by atoms with van der Waals surface area (Å²) in [5.74, 6) is -4.95. The highest BCUT2D eigenvalue weighted by Crippen LogP contribution is 2.06. The van der Waals surface area contributed by atoms with Gasteiger partial charge in [-0.05, 0) is 19.3 Å². The number of aliphatic imine (C=N–C) groups is 1. The van der Waals surface area contributed by atoms with Gasteiger partial charge >= 0.3 is 11.9 Å². The van der Waals surface area contributed by atoms with E-state index in [4.69, 9.17) is 22.3 Å². The first kappa shape index (κ1) is 32.2. The molecule has 0 saturated heterocycles. The number of rotatable bonds is 18. The van der Waals surface area contributed by atoms with Gasteiger partial charge in [0.1, 0.15) is 18.1 Å². The number of nitrogens with one attached hydrogen (secondary N) is 5. The Morgan fingerprint density at radius 1 is 0.829 bits per heavy atom. The molecule has 0 radical (unpaired) electrons. The molecule has 18 heteroatoms. The molecule has 4 unspecified atom stereocenters. The van der Waals surface area contributed by atoms with Crippen LogP contribution in [-0.2, 0) is 36.8 Å². The topological polar surface area (TPSA) is 310 Å². The van der Waals surface area contributed by atoms with Crippen LogP contribution >= 0.6 is 0 Å². The normalized spacial score (nSPS) is 13.7. The largest absolute Gasteiger partial charge is 0.481 e. The van der Waals surface area contributed by atoms with Crippen LogP contribution in [0.1, 0.15) is 37.1 Å². The summed E-state index contributed by atoms with van der Waals surface area (Å²) in [5.41, 5.74) is 17.4. The zero-order chi connectivity index (χ0) is 30.4. The van der Waals surface area contributed by atoms with E-state index in [-0.39, 0.29) is 51.0 Å². The van der Waals surface area contributed by atoms with Crippen molar-refractivity contribution in [2.24, 2.45) is 22.2 Å². The van der Waals surface area contributed by atoms with Gasteiger partial charge in [0.2, 0.25) is 17.7 Å². The molecule has 2 rings (SSSR count). The number of carboxylic acid groups (broad SMARTS) is 2. The number of amides is 3. The number of hydrogen-bond donors (Lipinski definition) is 10. The number of carboxylic acids is 2. The van der Waals surface area contributed by atoms with E-state index < -0.39 is 53.8 Å². The number of carbonyl (C=O) groups excluding carboxylic acids is 3. The lowest BCUT2D eigenvalue weighted by Gasteiger charge is -2.25. The maximum Gasteiger partial charge on any atom is 0.326 e. The number of guanidine groups is 1. The SMILES string of the molecule is NC(N)=NCCCC(NC(=O)C(Cc1cnc[nH]1)NC(=O)C(N)CCC(=O)O)C(=O)NC(Cc1cnc[nH]1)C(=O)O. The second-order valence-electron chi connectivity index (χ2n) is 9.07. The van der Waals surface area contributed by atoms with Crippen molar-refractivity contribution in [2.75, 3.05) is 6.54 Å². The summed E-state index contributed by atoms with van der Waals surface area (Å²) in [6, 6.07) is -5.03. The van der Waals surface area contributed by atoms with Crippen LogP contribution in [0.25, 0.3) is 0 Å². The van der Waals surface area contributed by atoms with Crippen LogP contribution in [0.4, 0.5) is 0 Å². The van der Waals surface area contributed by atoms with Crippen molar-refractivity contribution in [3.05, 3.63) is 36.4 Å². The highest BCUT2D eigenvalue weighted by molar-refractivity contribution is 5.94. The van der Waals surface area contributed by atoms with Crippen LogP contribution in [0.2, 0.25) is 0 Å². The van der Waals surface area contributed by atoms with Gasteiger partial charge in [-0.25, -0.2) is 14.8 Å². The van der Waals surface area contributed by atoms with Crippen LogP contribution in [0, 0.1) is 0 Å². The van der Waals surface area contributed by atoms with Crippen LogP contribution in [0.3, 0.4) is 0 Å². The molecule has 0 bridgehead atoms. The summed E-state index contributed by atoms with van der Waals surface area (Å²) >= 11 is 0. The molecule has 0 fully saturated rings. The molecule has 0 spiro atoms. The summed E-state index contributed by atoms with van der Waals surface area (Å²) in [5, 5.41) is 26.0. The predicted molar refractivity (Wildman–Crippen MR) is 143 cm³/mol. The van der Waals surface area contributed by atoms with Crippen LogP contribution in [0.15, 0.2) is 30.0 Å². The van der Waals surface area contributed by atoms with Gasteiger partial charge in [0.05, 0.1) is 18.7 Å². The first-order valence-corrected chi connectivity index (χ1v) is 12.6. The minimum absolute atomic E-state index is 0.0214. The van der Waals surface area contributed by atoms with Gasteiger partial charge < -0.3 is 53.3 Å². The van der Waals surface area contributed by atoms with Crippen molar-refractivity contribution in [3.8, 4) is 0 Å². The zero-order valence-corrected chi connectivity index (χ0v) is 22.1. The zero-order valence-electron chi connectivity index (χ0n) is 22.1. The Hall–Kier alpha value is -5.00. The van der Waals surface area contributed by atoms with Crippen molar-refractivity contribution >= 4 is 35.6 Å². The van der Waals surface area contributed by atoms with Gasteiger partial charge in [0, 0.05) is 49.6 Å². The molecule has 0 aromatic carbocycles. The van der Waals surface area contributed by atoms with E-state index in [0.717, 1.165) is 0 Å². The fourth-order valence-corrected chi connectivity index (χ4v) is 3.65. The summed E-state index contributed by atoms with van der Waals surface area (Å²) in [4.78, 5) is 79.0. The number of hydrogen-bond acceptors (Lipinski definition) is 9. The van der Waals surface area contributed by atoms with Crippen LogP contribution < -0.4 is 33.2 Å². The third kappa shape index (κ3) is 11.7. The second kappa shape index (κ2) is 16.2. The lowest BCUT2D eigenvalue weighted by atomic mass is 10.1. The molecule has 2 aromatic rings. The number of imidazole rings is 2. The second-order valence-corrected chi connectivity index (χ2v) is 9.07. The number of carbonyl (C=O) groups is 5. The maximum atomic E-state index is 13.4. The Kier molecular flexibility index (Phi) is 12.7. The fraction of sp³-hybridized carbons (Fsp3) is 0.478. The fourth-order valence-electron chi connectivity index (χ4n) is 3.65. The summed E-state index contributed by atoms with van der Waals surface area (Å²) in [7, 11) is 0. The maximum absolute atomic E-state index is 13.4. The monoisotopic (exact) mass is 577 g/mol. The van der Waals surface area contributed by atoms with Crippen molar-refractivity contribution in [2.45, 2.75) is 62.7 Å². The molecule has 0 aliphatic heterocycles. The van der Waals surface area contributed by atoms with Crippen molar-refractivity contribution < 1.29 is 34.2 Å². The van der Waals surface area contributed by atoms with Crippen LogP contribution in [0.5, 0.6) is 0 Å². The molecule has 0 aliphatic rings. The van der Waals surface area contributed by atoms with Gasteiger partial charge in [0.15, 0.2) is 5.96 Å². The molecule has 2 aromatic heterocycles.